The van der Waals surface area contributed by atoms with Crippen LogP contribution in [0.2, 0.25) is 0 Å². The Kier molecular flexibility index (Phi) is 5.40. The van der Waals surface area contributed by atoms with Gasteiger partial charge in [0.05, 0.1) is 21.0 Å². The molecule has 1 aliphatic heterocycles. The summed E-state index contributed by atoms with van der Waals surface area (Å²) in [6.07, 6.45) is 1.62. The number of benzene rings is 2. The van der Waals surface area contributed by atoms with E-state index in [1.165, 1.54) is 4.90 Å². The molecule has 0 aliphatic carbocycles. The third kappa shape index (κ3) is 3.99. The van der Waals surface area contributed by atoms with E-state index >= 15 is 0 Å². The highest BCUT2D eigenvalue weighted by Crippen LogP contribution is 2.33. The van der Waals surface area contributed by atoms with Crippen molar-refractivity contribution in [2.45, 2.75) is 11.8 Å². The lowest BCUT2D eigenvalue weighted by Crippen LogP contribution is -2.29. The number of hydrogen-bond acceptors (Lipinski definition) is 5. The SMILES string of the molecule is CCN1C(=O)/C(=C/c2ccc3ccccc3n2)SC1=NS(=O)(=O)c1ccc(F)cc1. The number of sulfonamides is 1. The maximum Gasteiger partial charge on any atom is 0.284 e. The first-order valence-corrected chi connectivity index (χ1v) is 11.3. The normalized spacial score (nSPS) is 17.4. The zero-order chi connectivity index (χ0) is 21.3. The van der Waals surface area contributed by atoms with Crippen molar-refractivity contribution in [3.8, 4) is 0 Å². The number of para-hydroxylation sites is 1. The van der Waals surface area contributed by atoms with Crippen molar-refractivity contribution in [2.24, 2.45) is 4.40 Å². The number of carbonyl (C=O) groups is 1. The van der Waals surface area contributed by atoms with Gasteiger partial charge in [-0.1, -0.05) is 24.3 Å². The smallest absolute Gasteiger partial charge is 0.284 e. The number of halogens is 1. The number of likely N-dealkylation sites (N-methyl/N-ethyl adjacent to an activating group) is 1. The Morgan fingerprint density at radius 3 is 2.57 bits per heavy atom. The summed E-state index contributed by atoms with van der Waals surface area (Å²) in [5.41, 5.74) is 1.38. The maximum atomic E-state index is 13.1. The van der Waals surface area contributed by atoms with Gasteiger partial charge in [0.2, 0.25) is 0 Å². The molecule has 0 bridgehead atoms. The Morgan fingerprint density at radius 2 is 1.83 bits per heavy atom. The Balaban J connectivity index is 1.69. The number of aromatic nitrogens is 1. The van der Waals surface area contributed by atoms with Gasteiger partial charge in [0.25, 0.3) is 15.9 Å². The average Bonchev–Trinajstić information content (AvgIpc) is 3.01. The van der Waals surface area contributed by atoms with Gasteiger partial charge < -0.3 is 0 Å². The van der Waals surface area contributed by atoms with E-state index in [2.05, 4.69) is 9.38 Å². The first kappa shape index (κ1) is 20.2. The number of amidine groups is 1. The number of rotatable bonds is 4. The van der Waals surface area contributed by atoms with Crippen molar-refractivity contribution in [3.63, 3.8) is 0 Å². The van der Waals surface area contributed by atoms with Crippen LogP contribution in [0, 0.1) is 5.82 Å². The lowest BCUT2D eigenvalue weighted by molar-refractivity contribution is -0.122. The molecule has 0 N–H and O–H groups in total. The molecule has 30 heavy (non-hydrogen) atoms. The monoisotopic (exact) mass is 441 g/mol. The summed E-state index contributed by atoms with van der Waals surface area (Å²) in [6, 6.07) is 15.7. The standard InChI is InChI=1S/C21H16FN3O3S2/c1-2-25-20(26)19(13-16-10-7-14-5-3-4-6-18(14)23-16)29-21(25)24-30(27,28)17-11-8-15(22)9-12-17/h3-13H,2H2,1H3/b19-13-,24-21?. The second-order valence-electron chi connectivity index (χ2n) is 6.39. The van der Waals surface area contributed by atoms with Crippen molar-refractivity contribution in [1.29, 1.82) is 0 Å². The van der Waals surface area contributed by atoms with Crippen LogP contribution in [-0.4, -0.2) is 35.9 Å². The highest BCUT2D eigenvalue weighted by Gasteiger charge is 2.34. The van der Waals surface area contributed by atoms with Crippen molar-refractivity contribution in [3.05, 3.63) is 77.1 Å². The van der Waals surface area contributed by atoms with E-state index in [1.807, 2.05) is 30.3 Å². The number of nitrogens with zero attached hydrogens (tertiary/aromatic N) is 3. The van der Waals surface area contributed by atoms with E-state index in [-0.39, 0.29) is 22.5 Å². The summed E-state index contributed by atoms with van der Waals surface area (Å²) >= 11 is 0.971. The molecule has 3 aromatic rings. The van der Waals surface area contributed by atoms with Crippen molar-refractivity contribution in [1.82, 2.24) is 9.88 Å². The maximum absolute atomic E-state index is 13.1. The van der Waals surface area contributed by atoms with Crippen LogP contribution in [0.4, 0.5) is 4.39 Å². The molecule has 2 aromatic carbocycles. The van der Waals surface area contributed by atoms with Crippen LogP contribution in [0.25, 0.3) is 17.0 Å². The van der Waals surface area contributed by atoms with Gasteiger partial charge in [0.1, 0.15) is 5.82 Å². The first-order valence-electron chi connectivity index (χ1n) is 9.05. The fraction of sp³-hybridized carbons (Fsp3) is 0.0952. The zero-order valence-electron chi connectivity index (χ0n) is 15.8. The highest BCUT2D eigenvalue weighted by molar-refractivity contribution is 8.19. The molecule has 1 aliphatic rings. The third-order valence-electron chi connectivity index (χ3n) is 4.41. The molecule has 1 aromatic heterocycles. The highest BCUT2D eigenvalue weighted by atomic mass is 32.2. The molecule has 0 radical (unpaired) electrons. The molecule has 152 valence electrons. The summed E-state index contributed by atoms with van der Waals surface area (Å²) in [5, 5.41) is 1.03. The fourth-order valence-corrected chi connectivity index (χ4v) is 5.14. The van der Waals surface area contributed by atoms with Gasteiger partial charge in [-0.25, -0.2) is 9.37 Å². The summed E-state index contributed by atoms with van der Waals surface area (Å²) < 4.78 is 42.1. The number of thioether (sulfide) groups is 1. The molecule has 1 amide bonds. The van der Waals surface area contributed by atoms with Crippen molar-refractivity contribution < 1.29 is 17.6 Å². The number of fused-ring (bicyclic) bond motifs is 1. The summed E-state index contributed by atoms with van der Waals surface area (Å²) in [6.45, 7) is 1.99. The van der Waals surface area contributed by atoms with Gasteiger partial charge in [-0.2, -0.15) is 8.42 Å². The van der Waals surface area contributed by atoms with E-state index < -0.39 is 15.8 Å². The average molecular weight is 442 g/mol. The largest absolute Gasteiger partial charge is 0.286 e. The van der Waals surface area contributed by atoms with Crippen LogP contribution in [0.5, 0.6) is 0 Å². The van der Waals surface area contributed by atoms with Crippen LogP contribution in [0.1, 0.15) is 12.6 Å². The zero-order valence-corrected chi connectivity index (χ0v) is 17.5. The minimum Gasteiger partial charge on any atom is -0.286 e. The number of pyridine rings is 1. The molecular formula is C21H16FN3O3S2. The van der Waals surface area contributed by atoms with Crippen LogP contribution < -0.4 is 0 Å². The minimum absolute atomic E-state index is 0.0545. The van der Waals surface area contributed by atoms with E-state index in [1.54, 1.807) is 19.1 Å². The lowest BCUT2D eigenvalue weighted by atomic mass is 10.2. The topological polar surface area (TPSA) is 79.7 Å². The quantitative estimate of drug-likeness (QED) is 0.571. The molecule has 0 unspecified atom stereocenters. The van der Waals surface area contributed by atoms with E-state index in [0.717, 1.165) is 46.9 Å². The number of hydrogen-bond donors (Lipinski definition) is 0. The molecule has 6 nitrogen and oxygen atoms in total. The summed E-state index contributed by atoms with van der Waals surface area (Å²) in [4.78, 5) is 18.8. The van der Waals surface area contributed by atoms with Gasteiger partial charge in [-0.15, -0.1) is 4.40 Å². The molecule has 1 saturated heterocycles. The number of carbonyl (C=O) groups excluding carboxylic acids is 1. The molecule has 0 spiro atoms. The number of amides is 1. The van der Waals surface area contributed by atoms with Gasteiger partial charge in [0.15, 0.2) is 5.17 Å². The summed E-state index contributed by atoms with van der Waals surface area (Å²) in [5.74, 6) is -0.888. The fourth-order valence-electron chi connectivity index (χ4n) is 2.91. The Bertz CT molecular complexity index is 1300. The third-order valence-corrected chi connectivity index (χ3v) is 6.82. The predicted molar refractivity (Wildman–Crippen MR) is 116 cm³/mol. The molecule has 1 fully saturated rings. The van der Waals surface area contributed by atoms with Gasteiger partial charge >= 0.3 is 0 Å². The summed E-state index contributed by atoms with van der Waals surface area (Å²) in [7, 11) is -4.09. The Labute approximate surface area is 177 Å². The second kappa shape index (κ2) is 8.00. The van der Waals surface area contributed by atoms with Gasteiger partial charge in [-0.3, -0.25) is 9.69 Å². The molecule has 9 heteroatoms. The van der Waals surface area contributed by atoms with Crippen LogP contribution in [0.15, 0.2) is 74.9 Å². The first-order chi connectivity index (χ1) is 14.4. The van der Waals surface area contributed by atoms with Crippen LogP contribution >= 0.6 is 11.8 Å². The van der Waals surface area contributed by atoms with E-state index in [4.69, 9.17) is 0 Å². The molecular weight excluding hydrogens is 425 g/mol. The van der Waals surface area contributed by atoms with Crippen LogP contribution in [-0.2, 0) is 14.8 Å². The molecule has 2 heterocycles. The Hall–Kier alpha value is -3.04. The predicted octanol–water partition coefficient (Wildman–Crippen LogP) is 4.06. The minimum atomic E-state index is -4.09. The van der Waals surface area contributed by atoms with Crippen molar-refractivity contribution >= 4 is 49.8 Å². The van der Waals surface area contributed by atoms with Crippen LogP contribution in [0.3, 0.4) is 0 Å². The van der Waals surface area contributed by atoms with Crippen molar-refractivity contribution in [2.75, 3.05) is 6.54 Å². The van der Waals surface area contributed by atoms with E-state index in [0.29, 0.717) is 10.6 Å². The molecule has 0 atom stereocenters. The van der Waals surface area contributed by atoms with Gasteiger partial charge in [0, 0.05) is 11.9 Å². The molecule has 4 rings (SSSR count). The lowest BCUT2D eigenvalue weighted by Gasteiger charge is -2.11. The second-order valence-corrected chi connectivity index (χ2v) is 9.00. The Morgan fingerprint density at radius 1 is 1.10 bits per heavy atom. The van der Waals surface area contributed by atoms with E-state index in [9.17, 15) is 17.6 Å². The molecule has 0 saturated carbocycles. The van der Waals surface area contributed by atoms with Gasteiger partial charge in [-0.05, 0) is 61.2 Å².